The maximum atomic E-state index is 12.2. The summed E-state index contributed by atoms with van der Waals surface area (Å²) in [5.41, 5.74) is -0.0590. The lowest BCUT2D eigenvalue weighted by atomic mass is 10.1. The topological polar surface area (TPSA) is 68.2 Å². The fraction of sp³-hybridized carbons (Fsp3) is 0.611. The summed E-state index contributed by atoms with van der Waals surface area (Å²) in [7, 11) is 0. The first-order valence-electron chi connectivity index (χ1n) is 8.58. The summed E-state index contributed by atoms with van der Waals surface area (Å²) in [5.74, 6) is -0.319. The van der Waals surface area contributed by atoms with E-state index in [9.17, 15) is 23.1 Å². The SMILES string of the molecule is CC(C)(C)OC(=O)N1CCCC(OCc2ccc(OC(F)(F)F)cc2)C1O. The molecule has 1 amide bonds. The normalized spacial score (nSPS) is 21.1. The number of carbonyl (C=O) groups excluding carboxylic acids is 1. The van der Waals surface area contributed by atoms with Gasteiger partial charge in [0.05, 0.1) is 6.61 Å². The van der Waals surface area contributed by atoms with Crippen LogP contribution in [0.2, 0.25) is 0 Å². The van der Waals surface area contributed by atoms with E-state index in [0.29, 0.717) is 24.9 Å². The maximum Gasteiger partial charge on any atom is 0.573 e. The Bertz CT molecular complexity index is 627. The van der Waals surface area contributed by atoms with Gasteiger partial charge in [-0.2, -0.15) is 0 Å². The van der Waals surface area contributed by atoms with Crippen LogP contribution in [0.15, 0.2) is 24.3 Å². The van der Waals surface area contributed by atoms with Gasteiger partial charge in [-0.15, -0.1) is 13.2 Å². The second-order valence-electron chi connectivity index (χ2n) is 7.27. The Morgan fingerprint density at radius 3 is 2.41 bits per heavy atom. The van der Waals surface area contributed by atoms with Gasteiger partial charge in [-0.05, 0) is 51.3 Å². The van der Waals surface area contributed by atoms with E-state index in [4.69, 9.17) is 9.47 Å². The number of hydrogen-bond acceptors (Lipinski definition) is 5. The standard InChI is InChI=1S/C18H24F3NO5/c1-17(2,3)27-16(24)22-10-4-5-14(15(22)23)25-11-12-6-8-13(9-7-12)26-18(19,20)21/h6-9,14-15,23H,4-5,10-11H2,1-3H3. The molecule has 2 atom stereocenters. The molecule has 0 aliphatic carbocycles. The number of aliphatic hydroxyl groups excluding tert-OH is 1. The molecule has 1 heterocycles. The van der Waals surface area contributed by atoms with Gasteiger partial charge in [0.2, 0.25) is 0 Å². The Kier molecular flexibility index (Phi) is 6.59. The molecular formula is C18H24F3NO5. The van der Waals surface area contributed by atoms with Crippen molar-refractivity contribution in [1.29, 1.82) is 0 Å². The van der Waals surface area contributed by atoms with E-state index in [0.717, 1.165) is 0 Å². The molecule has 1 aromatic carbocycles. The van der Waals surface area contributed by atoms with Crippen LogP contribution in [-0.4, -0.2) is 46.9 Å². The molecule has 1 saturated heterocycles. The lowest BCUT2D eigenvalue weighted by Gasteiger charge is -2.38. The van der Waals surface area contributed by atoms with E-state index in [-0.39, 0.29) is 12.4 Å². The summed E-state index contributed by atoms with van der Waals surface area (Å²) in [6, 6.07) is 5.27. The Labute approximate surface area is 155 Å². The van der Waals surface area contributed by atoms with Gasteiger partial charge in [0.25, 0.3) is 0 Å². The molecule has 1 aromatic rings. The number of nitrogens with zero attached hydrogens (tertiary/aromatic N) is 1. The van der Waals surface area contributed by atoms with Crippen molar-refractivity contribution >= 4 is 6.09 Å². The van der Waals surface area contributed by atoms with Crippen LogP contribution in [0.5, 0.6) is 5.75 Å². The van der Waals surface area contributed by atoms with Crippen LogP contribution in [0.25, 0.3) is 0 Å². The third kappa shape index (κ3) is 6.91. The number of carbonyl (C=O) groups is 1. The van der Waals surface area contributed by atoms with Crippen LogP contribution >= 0.6 is 0 Å². The number of halogens is 3. The second kappa shape index (κ2) is 8.35. The quantitative estimate of drug-likeness (QED) is 0.845. The zero-order chi connectivity index (χ0) is 20.2. The zero-order valence-corrected chi connectivity index (χ0v) is 15.5. The van der Waals surface area contributed by atoms with Crippen LogP contribution < -0.4 is 4.74 Å². The van der Waals surface area contributed by atoms with Crippen molar-refractivity contribution in [3.8, 4) is 5.75 Å². The number of aliphatic hydroxyl groups is 1. The Balaban J connectivity index is 1.90. The van der Waals surface area contributed by atoms with Crippen molar-refractivity contribution < 1.29 is 37.3 Å². The van der Waals surface area contributed by atoms with Gasteiger partial charge in [-0.1, -0.05) is 12.1 Å². The van der Waals surface area contributed by atoms with Crippen LogP contribution in [-0.2, 0) is 16.1 Å². The van der Waals surface area contributed by atoms with Crippen molar-refractivity contribution in [2.24, 2.45) is 0 Å². The molecule has 0 radical (unpaired) electrons. The minimum atomic E-state index is -4.74. The fourth-order valence-electron chi connectivity index (χ4n) is 2.62. The van der Waals surface area contributed by atoms with Gasteiger partial charge in [0.1, 0.15) is 17.5 Å². The number of hydrogen-bond donors (Lipinski definition) is 1. The van der Waals surface area contributed by atoms with Crippen LogP contribution in [0, 0.1) is 0 Å². The van der Waals surface area contributed by atoms with E-state index in [1.807, 2.05) is 0 Å². The highest BCUT2D eigenvalue weighted by atomic mass is 19.4. The van der Waals surface area contributed by atoms with Crippen LogP contribution in [0.4, 0.5) is 18.0 Å². The summed E-state index contributed by atoms with van der Waals surface area (Å²) in [6.45, 7) is 5.65. The minimum absolute atomic E-state index is 0.0795. The predicted molar refractivity (Wildman–Crippen MR) is 89.9 cm³/mol. The Morgan fingerprint density at radius 2 is 1.85 bits per heavy atom. The summed E-state index contributed by atoms with van der Waals surface area (Å²) < 4.78 is 51.2. The number of rotatable bonds is 4. The first-order chi connectivity index (χ1) is 12.4. The van der Waals surface area contributed by atoms with Crippen LogP contribution in [0.1, 0.15) is 39.2 Å². The lowest BCUT2D eigenvalue weighted by Crippen LogP contribution is -2.53. The van der Waals surface area contributed by atoms with Gasteiger partial charge in [-0.3, -0.25) is 4.90 Å². The molecule has 1 fully saturated rings. The number of ether oxygens (including phenoxy) is 3. The summed E-state index contributed by atoms with van der Waals surface area (Å²) in [6.07, 6.45) is -5.93. The molecule has 9 heteroatoms. The molecule has 1 N–H and O–H groups in total. The van der Waals surface area contributed by atoms with Crippen molar-refractivity contribution in [3.63, 3.8) is 0 Å². The van der Waals surface area contributed by atoms with Crippen molar-refractivity contribution in [3.05, 3.63) is 29.8 Å². The number of amides is 1. The third-order valence-electron chi connectivity index (χ3n) is 3.79. The number of benzene rings is 1. The van der Waals surface area contributed by atoms with Gasteiger partial charge in [0, 0.05) is 6.54 Å². The molecule has 0 spiro atoms. The van der Waals surface area contributed by atoms with Crippen molar-refractivity contribution in [2.75, 3.05) is 6.54 Å². The van der Waals surface area contributed by atoms with E-state index in [1.54, 1.807) is 20.8 Å². The van der Waals surface area contributed by atoms with Gasteiger partial charge >= 0.3 is 12.5 Å². The van der Waals surface area contributed by atoms with E-state index < -0.39 is 30.4 Å². The average Bonchev–Trinajstić information content (AvgIpc) is 2.52. The summed E-state index contributed by atoms with van der Waals surface area (Å²) in [4.78, 5) is 13.4. The molecule has 2 rings (SSSR count). The molecule has 0 aromatic heterocycles. The summed E-state index contributed by atoms with van der Waals surface area (Å²) >= 11 is 0. The molecule has 27 heavy (non-hydrogen) atoms. The van der Waals surface area contributed by atoms with Crippen LogP contribution in [0.3, 0.4) is 0 Å². The first-order valence-corrected chi connectivity index (χ1v) is 8.58. The van der Waals surface area contributed by atoms with E-state index in [2.05, 4.69) is 4.74 Å². The molecular weight excluding hydrogens is 367 g/mol. The molecule has 1 aliphatic heterocycles. The van der Waals surface area contributed by atoms with Crippen molar-refractivity contribution in [2.45, 2.75) is 64.5 Å². The molecule has 0 bridgehead atoms. The fourth-order valence-corrected chi connectivity index (χ4v) is 2.62. The smallest absolute Gasteiger partial charge is 0.444 e. The number of piperidine rings is 1. The predicted octanol–water partition coefficient (Wildman–Crippen LogP) is 3.82. The molecule has 0 saturated carbocycles. The number of alkyl halides is 3. The highest BCUT2D eigenvalue weighted by Crippen LogP contribution is 2.25. The highest BCUT2D eigenvalue weighted by Gasteiger charge is 2.36. The monoisotopic (exact) mass is 391 g/mol. The van der Waals surface area contributed by atoms with Crippen molar-refractivity contribution in [1.82, 2.24) is 4.90 Å². The second-order valence-corrected chi connectivity index (χ2v) is 7.27. The molecule has 6 nitrogen and oxygen atoms in total. The Morgan fingerprint density at radius 1 is 1.22 bits per heavy atom. The zero-order valence-electron chi connectivity index (χ0n) is 15.5. The summed E-state index contributed by atoms with van der Waals surface area (Å²) in [5, 5.41) is 10.4. The third-order valence-corrected chi connectivity index (χ3v) is 3.79. The average molecular weight is 391 g/mol. The van der Waals surface area contributed by atoms with E-state index >= 15 is 0 Å². The largest absolute Gasteiger partial charge is 0.573 e. The highest BCUT2D eigenvalue weighted by molar-refractivity contribution is 5.68. The Hall–Kier alpha value is -2.00. The molecule has 1 aliphatic rings. The minimum Gasteiger partial charge on any atom is -0.444 e. The van der Waals surface area contributed by atoms with Gasteiger partial charge < -0.3 is 19.3 Å². The van der Waals surface area contributed by atoms with E-state index in [1.165, 1.54) is 29.2 Å². The molecule has 152 valence electrons. The molecule has 2 unspecified atom stereocenters. The first kappa shape index (κ1) is 21.3. The maximum absolute atomic E-state index is 12.2. The lowest BCUT2D eigenvalue weighted by molar-refractivity contribution is -0.274. The van der Waals surface area contributed by atoms with Gasteiger partial charge in [-0.25, -0.2) is 4.79 Å². The number of likely N-dealkylation sites (tertiary alicyclic amines) is 1. The van der Waals surface area contributed by atoms with Gasteiger partial charge in [0.15, 0.2) is 6.23 Å².